The van der Waals surface area contributed by atoms with Crippen LogP contribution in [0.2, 0.25) is 0 Å². The minimum Gasteiger partial charge on any atom is -0.465 e. The van der Waals surface area contributed by atoms with Crippen molar-refractivity contribution in [3.8, 4) is 0 Å². The monoisotopic (exact) mass is 249 g/mol. The Morgan fingerprint density at radius 2 is 2.00 bits per heavy atom. The van der Waals surface area contributed by atoms with Crippen molar-refractivity contribution in [2.45, 2.75) is 45.1 Å². The van der Waals surface area contributed by atoms with Crippen molar-refractivity contribution < 1.29 is 9.53 Å². The van der Waals surface area contributed by atoms with E-state index >= 15 is 0 Å². The SMILES string of the molecule is CCCCC(N)C(=O)OCCCc1ccccc1. The molecule has 0 amide bonds. The zero-order valence-corrected chi connectivity index (χ0v) is 11.1. The van der Waals surface area contributed by atoms with Crippen molar-refractivity contribution in [2.75, 3.05) is 6.61 Å². The van der Waals surface area contributed by atoms with Gasteiger partial charge in [0.1, 0.15) is 6.04 Å². The van der Waals surface area contributed by atoms with Gasteiger partial charge in [-0.15, -0.1) is 0 Å². The summed E-state index contributed by atoms with van der Waals surface area (Å²) < 4.78 is 5.16. The standard InChI is InChI=1S/C15H23NO2/c1-2-3-11-14(16)15(17)18-12-7-10-13-8-5-4-6-9-13/h4-6,8-9,14H,2-3,7,10-12,16H2,1H3. The number of benzene rings is 1. The Labute approximate surface area is 109 Å². The second-order valence-corrected chi connectivity index (χ2v) is 4.51. The molecule has 0 radical (unpaired) electrons. The lowest BCUT2D eigenvalue weighted by Gasteiger charge is -2.10. The van der Waals surface area contributed by atoms with Crippen LogP contribution in [0.3, 0.4) is 0 Å². The predicted octanol–water partition coefficient (Wildman–Crippen LogP) is 2.68. The van der Waals surface area contributed by atoms with Gasteiger partial charge in [-0.3, -0.25) is 4.79 Å². The van der Waals surface area contributed by atoms with Crippen molar-refractivity contribution >= 4 is 5.97 Å². The van der Waals surface area contributed by atoms with Gasteiger partial charge >= 0.3 is 5.97 Å². The van der Waals surface area contributed by atoms with E-state index in [-0.39, 0.29) is 5.97 Å². The third-order valence-corrected chi connectivity index (χ3v) is 2.87. The molecule has 0 saturated carbocycles. The van der Waals surface area contributed by atoms with Gasteiger partial charge < -0.3 is 10.5 Å². The van der Waals surface area contributed by atoms with Crippen LogP contribution in [0.4, 0.5) is 0 Å². The van der Waals surface area contributed by atoms with E-state index in [0.29, 0.717) is 13.0 Å². The normalized spacial score (nSPS) is 12.1. The Kier molecular flexibility index (Phi) is 7.11. The molecule has 18 heavy (non-hydrogen) atoms. The molecule has 0 aliphatic heterocycles. The van der Waals surface area contributed by atoms with Gasteiger partial charge in [-0.05, 0) is 24.8 Å². The van der Waals surface area contributed by atoms with E-state index in [4.69, 9.17) is 10.5 Å². The van der Waals surface area contributed by atoms with Gasteiger partial charge in [0, 0.05) is 0 Å². The molecule has 0 spiro atoms. The number of carbonyl (C=O) groups is 1. The third-order valence-electron chi connectivity index (χ3n) is 2.87. The highest BCUT2D eigenvalue weighted by Gasteiger charge is 2.13. The molecule has 0 bridgehead atoms. The van der Waals surface area contributed by atoms with Crippen LogP contribution in [-0.2, 0) is 16.0 Å². The Morgan fingerprint density at radius 3 is 2.67 bits per heavy atom. The van der Waals surface area contributed by atoms with E-state index in [0.717, 1.165) is 25.7 Å². The molecule has 100 valence electrons. The molecule has 0 aliphatic carbocycles. The van der Waals surface area contributed by atoms with Gasteiger partial charge in [-0.1, -0.05) is 50.1 Å². The first-order chi connectivity index (χ1) is 8.74. The van der Waals surface area contributed by atoms with Gasteiger partial charge in [0.25, 0.3) is 0 Å². The fourth-order valence-corrected chi connectivity index (χ4v) is 1.74. The Bertz CT molecular complexity index is 338. The Balaban J connectivity index is 2.12. The fraction of sp³-hybridized carbons (Fsp3) is 0.533. The molecule has 1 aromatic carbocycles. The van der Waals surface area contributed by atoms with Crippen molar-refractivity contribution in [3.05, 3.63) is 35.9 Å². The lowest BCUT2D eigenvalue weighted by atomic mass is 10.1. The summed E-state index contributed by atoms with van der Waals surface area (Å²) >= 11 is 0. The van der Waals surface area contributed by atoms with E-state index in [2.05, 4.69) is 19.1 Å². The predicted molar refractivity (Wildman–Crippen MR) is 73.2 cm³/mol. The molecule has 1 rings (SSSR count). The average molecular weight is 249 g/mol. The minimum absolute atomic E-state index is 0.267. The van der Waals surface area contributed by atoms with E-state index in [1.807, 2.05) is 18.2 Å². The van der Waals surface area contributed by atoms with Gasteiger partial charge in [-0.2, -0.15) is 0 Å². The lowest BCUT2D eigenvalue weighted by Crippen LogP contribution is -2.32. The van der Waals surface area contributed by atoms with Crippen LogP contribution in [0.5, 0.6) is 0 Å². The molecule has 1 unspecified atom stereocenters. The van der Waals surface area contributed by atoms with E-state index in [9.17, 15) is 4.79 Å². The summed E-state index contributed by atoms with van der Waals surface area (Å²) in [5.74, 6) is -0.267. The number of hydrogen-bond donors (Lipinski definition) is 1. The van der Waals surface area contributed by atoms with Crippen LogP contribution in [0.25, 0.3) is 0 Å². The number of carbonyl (C=O) groups excluding carboxylic acids is 1. The van der Waals surface area contributed by atoms with Gasteiger partial charge in [0.15, 0.2) is 0 Å². The van der Waals surface area contributed by atoms with E-state index in [1.54, 1.807) is 0 Å². The molecular formula is C15H23NO2. The molecule has 0 aliphatic rings. The summed E-state index contributed by atoms with van der Waals surface area (Å²) in [7, 11) is 0. The van der Waals surface area contributed by atoms with Gasteiger partial charge in [0.2, 0.25) is 0 Å². The van der Waals surface area contributed by atoms with Crippen LogP contribution < -0.4 is 5.73 Å². The van der Waals surface area contributed by atoms with Crippen LogP contribution in [0.15, 0.2) is 30.3 Å². The molecular weight excluding hydrogens is 226 g/mol. The molecule has 3 nitrogen and oxygen atoms in total. The molecule has 0 aromatic heterocycles. The number of unbranched alkanes of at least 4 members (excludes halogenated alkanes) is 1. The van der Waals surface area contributed by atoms with Crippen molar-refractivity contribution in [1.29, 1.82) is 0 Å². The van der Waals surface area contributed by atoms with Crippen LogP contribution >= 0.6 is 0 Å². The third kappa shape index (κ3) is 5.82. The summed E-state index contributed by atoms with van der Waals surface area (Å²) in [5, 5.41) is 0. The maximum Gasteiger partial charge on any atom is 0.322 e. The first kappa shape index (κ1) is 14.7. The molecule has 1 aromatic rings. The topological polar surface area (TPSA) is 52.3 Å². The maximum atomic E-state index is 11.5. The summed E-state index contributed by atoms with van der Waals surface area (Å²) in [6.45, 7) is 2.53. The molecule has 3 heteroatoms. The second kappa shape index (κ2) is 8.70. The number of rotatable bonds is 8. The highest BCUT2D eigenvalue weighted by molar-refractivity contribution is 5.75. The summed E-state index contributed by atoms with van der Waals surface area (Å²) in [5.41, 5.74) is 6.99. The zero-order valence-electron chi connectivity index (χ0n) is 11.1. The molecule has 0 saturated heterocycles. The second-order valence-electron chi connectivity index (χ2n) is 4.51. The number of ether oxygens (including phenoxy) is 1. The van der Waals surface area contributed by atoms with Crippen molar-refractivity contribution in [3.63, 3.8) is 0 Å². The van der Waals surface area contributed by atoms with E-state index in [1.165, 1.54) is 5.56 Å². The zero-order chi connectivity index (χ0) is 13.2. The first-order valence-corrected chi connectivity index (χ1v) is 6.70. The van der Waals surface area contributed by atoms with Crippen LogP contribution in [-0.4, -0.2) is 18.6 Å². The number of aryl methyl sites for hydroxylation is 1. The lowest BCUT2D eigenvalue weighted by molar-refractivity contribution is -0.145. The molecule has 0 heterocycles. The Morgan fingerprint density at radius 1 is 1.28 bits per heavy atom. The molecule has 1 atom stereocenters. The van der Waals surface area contributed by atoms with Crippen molar-refractivity contribution in [2.24, 2.45) is 5.73 Å². The summed E-state index contributed by atoms with van der Waals surface area (Å²) in [4.78, 5) is 11.5. The first-order valence-electron chi connectivity index (χ1n) is 6.70. The number of hydrogen-bond acceptors (Lipinski definition) is 3. The molecule has 0 fully saturated rings. The fourth-order valence-electron chi connectivity index (χ4n) is 1.74. The smallest absolute Gasteiger partial charge is 0.322 e. The highest BCUT2D eigenvalue weighted by atomic mass is 16.5. The van der Waals surface area contributed by atoms with Crippen LogP contribution in [0.1, 0.15) is 38.2 Å². The summed E-state index contributed by atoms with van der Waals surface area (Å²) in [6, 6.07) is 9.73. The van der Waals surface area contributed by atoms with E-state index < -0.39 is 6.04 Å². The molecule has 2 N–H and O–H groups in total. The maximum absolute atomic E-state index is 11.5. The van der Waals surface area contributed by atoms with Crippen LogP contribution in [0, 0.1) is 0 Å². The number of esters is 1. The minimum atomic E-state index is -0.457. The van der Waals surface area contributed by atoms with Crippen molar-refractivity contribution in [1.82, 2.24) is 0 Å². The quantitative estimate of drug-likeness (QED) is 0.569. The van der Waals surface area contributed by atoms with Gasteiger partial charge in [-0.25, -0.2) is 0 Å². The Hall–Kier alpha value is -1.35. The number of nitrogens with two attached hydrogens (primary N) is 1. The van der Waals surface area contributed by atoms with Gasteiger partial charge in [0.05, 0.1) is 6.61 Å². The average Bonchev–Trinajstić information content (AvgIpc) is 2.41. The largest absolute Gasteiger partial charge is 0.465 e. The summed E-state index contributed by atoms with van der Waals surface area (Å²) in [6.07, 6.45) is 4.51. The highest BCUT2D eigenvalue weighted by Crippen LogP contribution is 2.04.